The molecule has 1 N–H and O–H groups in total. The Bertz CT molecular complexity index is 157. The molecule has 4 nitrogen and oxygen atoms in total. The summed E-state index contributed by atoms with van der Waals surface area (Å²) in [5, 5.41) is 3.36. The summed E-state index contributed by atoms with van der Waals surface area (Å²) in [4.78, 5) is 0. The van der Waals surface area contributed by atoms with Crippen LogP contribution in [0.1, 0.15) is 34.1 Å². The van der Waals surface area contributed by atoms with Crippen LogP contribution in [0.25, 0.3) is 0 Å². The second-order valence-corrected chi connectivity index (χ2v) is 5.01. The Kier molecular flexibility index (Phi) is 10.9. The minimum atomic E-state index is 0.163. The lowest BCUT2D eigenvalue weighted by atomic mass is 10.1. The highest BCUT2D eigenvalue weighted by Gasteiger charge is 2.06. The van der Waals surface area contributed by atoms with Crippen molar-refractivity contribution in [3.8, 4) is 0 Å². The smallest absolute Gasteiger partial charge is 0.0701 e. The molecule has 0 heterocycles. The molecule has 0 aliphatic rings. The normalized spacial score (nSPS) is 12.0. The van der Waals surface area contributed by atoms with E-state index in [-0.39, 0.29) is 5.54 Å². The van der Waals surface area contributed by atoms with Gasteiger partial charge in [-0.25, -0.2) is 0 Å². The fraction of sp³-hybridized carbons (Fsp3) is 1.00. The molecule has 0 amide bonds. The highest BCUT2D eigenvalue weighted by Crippen LogP contribution is 1.96. The second kappa shape index (κ2) is 11.0. The lowest BCUT2D eigenvalue weighted by Crippen LogP contribution is -2.38. The molecule has 0 aliphatic heterocycles. The van der Waals surface area contributed by atoms with Gasteiger partial charge in [0.25, 0.3) is 0 Å². The molecule has 0 saturated heterocycles. The van der Waals surface area contributed by atoms with Gasteiger partial charge in [-0.05, 0) is 27.2 Å². The van der Waals surface area contributed by atoms with Crippen molar-refractivity contribution in [1.82, 2.24) is 5.32 Å². The van der Waals surface area contributed by atoms with Crippen LogP contribution in [-0.2, 0) is 14.2 Å². The Morgan fingerprint density at radius 1 is 0.765 bits per heavy atom. The predicted octanol–water partition coefficient (Wildman–Crippen LogP) is 1.83. The largest absolute Gasteiger partial charge is 0.379 e. The van der Waals surface area contributed by atoms with Crippen LogP contribution in [0.15, 0.2) is 0 Å². The van der Waals surface area contributed by atoms with E-state index in [1.165, 1.54) is 0 Å². The van der Waals surface area contributed by atoms with Gasteiger partial charge in [0.05, 0.1) is 33.0 Å². The molecule has 0 rings (SSSR count). The van der Waals surface area contributed by atoms with Gasteiger partial charge >= 0.3 is 0 Å². The Balaban J connectivity index is 2.99. The zero-order chi connectivity index (χ0) is 13.0. The molecule has 0 unspecified atom stereocenters. The van der Waals surface area contributed by atoms with Crippen molar-refractivity contribution in [2.75, 3.05) is 46.2 Å². The van der Waals surface area contributed by atoms with Crippen molar-refractivity contribution in [2.45, 2.75) is 39.7 Å². The second-order valence-electron chi connectivity index (χ2n) is 5.01. The van der Waals surface area contributed by atoms with Gasteiger partial charge in [0.15, 0.2) is 0 Å². The topological polar surface area (TPSA) is 39.7 Å². The summed E-state index contributed by atoms with van der Waals surface area (Å²) in [5.74, 6) is 0. The van der Waals surface area contributed by atoms with Crippen LogP contribution in [-0.4, -0.2) is 51.7 Å². The third-order valence-corrected chi connectivity index (χ3v) is 1.99. The van der Waals surface area contributed by atoms with Crippen LogP contribution in [0.5, 0.6) is 0 Å². The predicted molar refractivity (Wildman–Crippen MR) is 70.5 cm³/mol. The Morgan fingerprint density at radius 3 is 1.71 bits per heavy atom. The molecule has 0 aromatic heterocycles. The number of ether oxygens (including phenoxy) is 3. The van der Waals surface area contributed by atoms with E-state index in [2.05, 4.69) is 33.0 Å². The maximum Gasteiger partial charge on any atom is 0.0701 e. The van der Waals surface area contributed by atoms with Crippen LogP contribution in [0.3, 0.4) is 0 Å². The van der Waals surface area contributed by atoms with E-state index in [0.717, 1.165) is 26.2 Å². The first-order chi connectivity index (χ1) is 8.06. The Labute approximate surface area is 106 Å². The van der Waals surface area contributed by atoms with Gasteiger partial charge in [-0.2, -0.15) is 0 Å². The summed E-state index contributed by atoms with van der Waals surface area (Å²) >= 11 is 0. The summed E-state index contributed by atoms with van der Waals surface area (Å²) in [7, 11) is 0. The lowest BCUT2D eigenvalue weighted by Gasteiger charge is -2.20. The molecule has 0 aliphatic carbocycles. The van der Waals surface area contributed by atoms with E-state index in [4.69, 9.17) is 14.2 Å². The Hall–Kier alpha value is -0.160. The Morgan fingerprint density at radius 2 is 1.24 bits per heavy atom. The summed E-state index contributed by atoms with van der Waals surface area (Å²) in [6.45, 7) is 13.6. The molecule has 0 fully saturated rings. The summed E-state index contributed by atoms with van der Waals surface area (Å²) in [6.07, 6.45) is 1.06. The first-order valence-electron chi connectivity index (χ1n) is 6.54. The zero-order valence-electron chi connectivity index (χ0n) is 11.9. The standard InChI is InChI=1S/C13H29NO3/c1-5-7-15-9-11-17-12-10-16-8-6-14-13(2,3)4/h14H,5-12H2,1-4H3. The van der Waals surface area contributed by atoms with Gasteiger partial charge in [0.2, 0.25) is 0 Å². The molecule has 4 heteroatoms. The number of hydrogen-bond donors (Lipinski definition) is 1. The summed E-state index contributed by atoms with van der Waals surface area (Å²) in [6, 6.07) is 0. The van der Waals surface area contributed by atoms with Crippen molar-refractivity contribution in [1.29, 1.82) is 0 Å². The van der Waals surface area contributed by atoms with E-state index in [0.29, 0.717) is 26.4 Å². The maximum atomic E-state index is 5.43. The number of rotatable bonds is 11. The minimum absolute atomic E-state index is 0.163. The highest BCUT2D eigenvalue weighted by molar-refractivity contribution is 4.69. The molecule has 0 aromatic carbocycles. The van der Waals surface area contributed by atoms with Crippen LogP contribution in [0.2, 0.25) is 0 Å². The number of hydrogen-bond acceptors (Lipinski definition) is 4. The zero-order valence-corrected chi connectivity index (χ0v) is 11.9. The SMILES string of the molecule is CCCOCCOCCOCCNC(C)(C)C. The van der Waals surface area contributed by atoms with Crippen molar-refractivity contribution in [3.05, 3.63) is 0 Å². The van der Waals surface area contributed by atoms with Gasteiger partial charge in [-0.1, -0.05) is 6.92 Å². The lowest BCUT2D eigenvalue weighted by molar-refractivity contribution is 0.0147. The monoisotopic (exact) mass is 247 g/mol. The molecule has 0 aromatic rings. The molecule has 104 valence electrons. The van der Waals surface area contributed by atoms with Gasteiger partial charge in [0, 0.05) is 18.7 Å². The van der Waals surface area contributed by atoms with Crippen LogP contribution < -0.4 is 5.32 Å². The molecule has 0 spiro atoms. The minimum Gasteiger partial charge on any atom is -0.379 e. The van der Waals surface area contributed by atoms with Crippen molar-refractivity contribution >= 4 is 0 Å². The highest BCUT2D eigenvalue weighted by atomic mass is 16.5. The molecule has 0 bridgehead atoms. The van der Waals surface area contributed by atoms with E-state index >= 15 is 0 Å². The quantitative estimate of drug-likeness (QED) is 0.566. The third-order valence-electron chi connectivity index (χ3n) is 1.99. The fourth-order valence-corrected chi connectivity index (χ4v) is 1.18. The molecule has 17 heavy (non-hydrogen) atoms. The summed E-state index contributed by atoms with van der Waals surface area (Å²) in [5.41, 5.74) is 0.163. The average Bonchev–Trinajstić information content (AvgIpc) is 2.24. The van der Waals surface area contributed by atoms with E-state index in [1.54, 1.807) is 0 Å². The van der Waals surface area contributed by atoms with E-state index in [9.17, 15) is 0 Å². The van der Waals surface area contributed by atoms with Gasteiger partial charge < -0.3 is 19.5 Å². The fourth-order valence-electron chi connectivity index (χ4n) is 1.18. The first-order valence-corrected chi connectivity index (χ1v) is 6.54. The molecule has 0 radical (unpaired) electrons. The molecule has 0 atom stereocenters. The van der Waals surface area contributed by atoms with Gasteiger partial charge in [0.1, 0.15) is 0 Å². The third kappa shape index (κ3) is 15.8. The number of nitrogens with one attached hydrogen (secondary N) is 1. The van der Waals surface area contributed by atoms with Crippen LogP contribution >= 0.6 is 0 Å². The van der Waals surface area contributed by atoms with Crippen molar-refractivity contribution < 1.29 is 14.2 Å². The first kappa shape index (κ1) is 16.8. The molecular weight excluding hydrogens is 218 g/mol. The van der Waals surface area contributed by atoms with Crippen molar-refractivity contribution in [2.24, 2.45) is 0 Å². The van der Waals surface area contributed by atoms with Crippen molar-refractivity contribution in [3.63, 3.8) is 0 Å². The van der Waals surface area contributed by atoms with Crippen LogP contribution in [0.4, 0.5) is 0 Å². The van der Waals surface area contributed by atoms with Crippen LogP contribution in [0, 0.1) is 0 Å². The molecule has 0 saturated carbocycles. The maximum absolute atomic E-state index is 5.43. The van der Waals surface area contributed by atoms with E-state index < -0.39 is 0 Å². The van der Waals surface area contributed by atoms with Gasteiger partial charge in [-0.15, -0.1) is 0 Å². The van der Waals surface area contributed by atoms with E-state index in [1.807, 2.05) is 0 Å². The summed E-state index contributed by atoms with van der Waals surface area (Å²) < 4.78 is 16.1. The average molecular weight is 247 g/mol. The van der Waals surface area contributed by atoms with Gasteiger partial charge in [-0.3, -0.25) is 0 Å². The molecular formula is C13H29NO3.